The van der Waals surface area contributed by atoms with Crippen molar-refractivity contribution in [3.8, 4) is 0 Å². The van der Waals surface area contributed by atoms with Gasteiger partial charge in [-0.15, -0.1) is 0 Å². The first kappa shape index (κ1) is 29.8. The summed E-state index contributed by atoms with van der Waals surface area (Å²) in [5, 5.41) is 2.78. The molecule has 3 rings (SSSR count). The van der Waals surface area contributed by atoms with Crippen molar-refractivity contribution in [3.63, 3.8) is 0 Å². The van der Waals surface area contributed by atoms with Crippen LogP contribution in [0.3, 0.4) is 0 Å². The maximum Gasteiger partial charge on any atom is 0.264 e. The van der Waals surface area contributed by atoms with E-state index in [-0.39, 0.29) is 23.0 Å². The Morgan fingerprint density at radius 3 is 2.13 bits per heavy atom. The number of amides is 2. The molecule has 1 N–H and O–H groups in total. The highest BCUT2D eigenvalue weighted by Crippen LogP contribution is 2.29. The summed E-state index contributed by atoms with van der Waals surface area (Å²) < 4.78 is 43.6. The molecular weight excluding hydrogens is 517 g/mol. The van der Waals surface area contributed by atoms with Crippen LogP contribution >= 0.6 is 0 Å². The maximum atomic E-state index is 14.6. The molecule has 39 heavy (non-hydrogen) atoms. The molecule has 0 fully saturated rings. The zero-order chi connectivity index (χ0) is 28.9. The molecule has 0 saturated carbocycles. The van der Waals surface area contributed by atoms with E-state index in [0.29, 0.717) is 11.3 Å². The molecule has 0 saturated heterocycles. The second-order valence-electron chi connectivity index (χ2n) is 10.1. The minimum atomic E-state index is -4.17. The number of anilines is 1. The second-order valence-corrected chi connectivity index (χ2v) is 11.9. The molecule has 0 unspecified atom stereocenters. The van der Waals surface area contributed by atoms with Crippen LogP contribution in [0.25, 0.3) is 0 Å². The van der Waals surface area contributed by atoms with E-state index in [1.54, 1.807) is 58.0 Å². The highest BCUT2D eigenvalue weighted by Gasteiger charge is 2.33. The van der Waals surface area contributed by atoms with Crippen LogP contribution in [0, 0.1) is 26.6 Å². The van der Waals surface area contributed by atoms with Gasteiger partial charge in [0.1, 0.15) is 18.4 Å². The van der Waals surface area contributed by atoms with Crippen LogP contribution in [-0.2, 0) is 26.2 Å². The molecule has 0 aliphatic heterocycles. The van der Waals surface area contributed by atoms with Crippen LogP contribution < -0.4 is 9.62 Å². The van der Waals surface area contributed by atoms with Crippen molar-refractivity contribution in [1.82, 2.24) is 10.2 Å². The molecule has 208 valence electrons. The van der Waals surface area contributed by atoms with Crippen LogP contribution in [0.4, 0.5) is 10.1 Å². The first-order chi connectivity index (χ1) is 18.3. The van der Waals surface area contributed by atoms with Gasteiger partial charge in [-0.2, -0.15) is 0 Å². The molecule has 3 aromatic carbocycles. The lowest BCUT2D eigenvalue weighted by molar-refractivity contribution is -0.139. The maximum absolute atomic E-state index is 14.6. The van der Waals surface area contributed by atoms with Gasteiger partial charge in [0.05, 0.1) is 10.6 Å². The molecule has 3 aromatic rings. The van der Waals surface area contributed by atoms with Gasteiger partial charge in [0.25, 0.3) is 10.0 Å². The van der Waals surface area contributed by atoms with Crippen molar-refractivity contribution in [3.05, 3.63) is 94.8 Å². The van der Waals surface area contributed by atoms with Crippen molar-refractivity contribution in [2.75, 3.05) is 10.8 Å². The third-order valence-corrected chi connectivity index (χ3v) is 8.19. The molecule has 2 amide bonds. The summed E-state index contributed by atoms with van der Waals surface area (Å²) in [5.74, 6) is -1.58. The van der Waals surface area contributed by atoms with Gasteiger partial charge in [-0.1, -0.05) is 48.0 Å². The second kappa shape index (κ2) is 12.4. The van der Waals surface area contributed by atoms with Gasteiger partial charge >= 0.3 is 0 Å². The van der Waals surface area contributed by atoms with E-state index in [1.807, 2.05) is 19.9 Å². The lowest BCUT2D eigenvalue weighted by Gasteiger charge is -2.33. The molecular formula is C30H36FN3O4S. The van der Waals surface area contributed by atoms with Crippen LogP contribution in [0.5, 0.6) is 0 Å². The predicted octanol–water partition coefficient (Wildman–Crippen LogP) is 4.89. The molecule has 0 aromatic heterocycles. The van der Waals surface area contributed by atoms with E-state index in [0.717, 1.165) is 15.4 Å². The van der Waals surface area contributed by atoms with Crippen molar-refractivity contribution in [2.24, 2.45) is 0 Å². The smallest absolute Gasteiger partial charge is 0.264 e. The number of carbonyl (C=O) groups excluding carboxylic acids is 2. The van der Waals surface area contributed by atoms with Gasteiger partial charge in [0.2, 0.25) is 11.8 Å². The van der Waals surface area contributed by atoms with Gasteiger partial charge < -0.3 is 10.2 Å². The Morgan fingerprint density at radius 1 is 0.897 bits per heavy atom. The Hall–Kier alpha value is -3.72. The quantitative estimate of drug-likeness (QED) is 0.387. The van der Waals surface area contributed by atoms with Crippen molar-refractivity contribution in [1.29, 1.82) is 0 Å². The molecule has 0 heterocycles. The van der Waals surface area contributed by atoms with Crippen molar-refractivity contribution >= 4 is 27.5 Å². The fraction of sp³-hybridized carbons (Fsp3) is 0.333. The fourth-order valence-electron chi connectivity index (χ4n) is 4.14. The summed E-state index contributed by atoms with van der Waals surface area (Å²) in [6, 6.07) is 16.6. The lowest BCUT2D eigenvalue weighted by Crippen LogP contribution is -2.52. The van der Waals surface area contributed by atoms with Gasteiger partial charge in [0.15, 0.2) is 0 Å². The number of hydrogen-bond acceptors (Lipinski definition) is 4. The average Bonchev–Trinajstić information content (AvgIpc) is 2.87. The SMILES string of the molecule is Cc1ccc(S(=O)(=O)N(CC(=O)N(Cc2ccccc2F)[C@@H](C)C(=O)NC(C)C)c2cc(C)ccc2C)cc1. The minimum absolute atomic E-state index is 0.0352. The van der Waals surface area contributed by atoms with E-state index < -0.39 is 40.2 Å². The van der Waals surface area contributed by atoms with Crippen LogP contribution in [-0.4, -0.2) is 43.8 Å². The van der Waals surface area contributed by atoms with Crippen LogP contribution in [0.15, 0.2) is 71.6 Å². The van der Waals surface area contributed by atoms with Gasteiger partial charge in [-0.3, -0.25) is 13.9 Å². The van der Waals surface area contributed by atoms with Crippen molar-refractivity contribution < 1.29 is 22.4 Å². The largest absolute Gasteiger partial charge is 0.352 e. The number of halogens is 1. The standard InChI is InChI=1S/C30H36FN3O4S/c1-20(2)32-30(36)24(6)33(18-25-9-7-8-10-27(25)31)29(35)19-34(28-17-22(4)11-14-23(28)5)39(37,38)26-15-12-21(3)13-16-26/h7-17,20,24H,18-19H2,1-6H3,(H,32,36)/t24-/m0/s1. The molecule has 0 bridgehead atoms. The van der Waals surface area contributed by atoms with E-state index in [9.17, 15) is 22.4 Å². The van der Waals surface area contributed by atoms with Gasteiger partial charge in [-0.25, -0.2) is 12.8 Å². The Kier molecular flexibility index (Phi) is 9.50. The number of benzene rings is 3. The Morgan fingerprint density at radius 2 is 1.51 bits per heavy atom. The number of hydrogen-bond donors (Lipinski definition) is 1. The number of nitrogens with one attached hydrogen (secondary N) is 1. The number of carbonyl (C=O) groups is 2. The molecule has 7 nitrogen and oxygen atoms in total. The number of nitrogens with zero attached hydrogens (tertiary/aromatic N) is 2. The van der Waals surface area contributed by atoms with E-state index in [2.05, 4.69) is 5.32 Å². The number of rotatable bonds is 10. The Balaban J connectivity index is 2.09. The number of aryl methyl sites for hydroxylation is 3. The highest BCUT2D eigenvalue weighted by atomic mass is 32.2. The summed E-state index contributed by atoms with van der Waals surface area (Å²) in [4.78, 5) is 28.1. The first-order valence-corrected chi connectivity index (χ1v) is 14.2. The molecule has 0 aliphatic rings. The zero-order valence-electron chi connectivity index (χ0n) is 23.2. The topological polar surface area (TPSA) is 86.8 Å². The van der Waals surface area contributed by atoms with Crippen LogP contribution in [0.1, 0.15) is 43.0 Å². The molecule has 0 aliphatic carbocycles. The van der Waals surface area contributed by atoms with E-state index in [1.165, 1.54) is 35.2 Å². The summed E-state index contributed by atoms with van der Waals surface area (Å²) in [6.07, 6.45) is 0. The summed E-state index contributed by atoms with van der Waals surface area (Å²) >= 11 is 0. The predicted molar refractivity (Wildman–Crippen MR) is 151 cm³/mol. The lowest BCUT2D eigenvalue weighted by atomic mass is 10.1. The molecule has 9 heteroatoms. The molecule has 0 spiro atoms. The van der Waals surface area contributed by atoms with Crippen molar-refractivity contribution in [2.45, 2.75) is 65.1 Å². The fourth-order valence-corrected chi connectivity index (χ4v) is 5.61. The zero-order valence-corrected chi connectivity index (χ0v) is 24.0. The minimum Gasteiger partial charge on any atom is -0.352 e. The van der Waals surface area contributed by atoms with Gasteiger partial charge in [0, 0.05) is 18.2 Å². The summed E-state index contributed by atoms with van der Waals surface area (Å²) in [7, 11) is -4.17. The Labute approximate surface area is 230 Å². The normalized spacial score (nSPS) is 12.2. The highest BCUT2D eigenvalue weighted by molar-refractivity contribution is 7.92. The third-order valence-electron chi connectivity index (χ3n) is 6.42. The average molecular weight is 554 g/mol. The van der Waals surface area contributed by atoms with Crippen LogP contribution in [0.2, 0.25) is 0 Å². The molecule has 0 radical (unpaired) electrons. The summed E-state index contributed by atoms with van der Waals surface area (Å²) in [6.45, 7) is 9.82. The Bertz CT molecular complexity index is 1440. The van der Waals surface area contributed by atoms with E-state index in [4.69, 9.17) is 0 Å². The third kappa shape index (κ3) is 7.23. The van der Waals surface area contributed by atoms with Gasteiger partial charge in [-0.05, 0) is 76.9 Å². The van der Waals surface area contributed by atoms with E-state index >= 15 is 0 Å². The summed E-state index contributed by atoms with van der Waals surface area (Å²) in [5.41, 5.74) is 2.95. The first-order valence-electron chi connectivity index (χ1n) is 12.8. The molecule has 1 atom stereocenters. The monoisotopic (exact) mass is 553 g/mol. The number of sulfonamides is 1.